The molecule has 0 bridgehead atoms. The molecule has 88 valence electrons. The lowest BCUT2D eigenvalue weighted by Gasteiger charge is -2.26. The van der Waals surface area contributed by atoms with E-state index in [0.717, 1.165) is 24.8 Å². The first-order valence-corrected chi connectivity index (χ1v) is 6.45. The van der Waals surface area contributed by atoms with Gasteiger partial charge >= 0.3 is 0 Å². The maximum atomic E-state index is 11.2. The van der Waals surface area contributed by atoms with Crippen LogP contribution < -0.4 is 5.32 Å². The summed E-state index contributed by atoms with van der Waals surface area (Å²) in [6.07, 6.45) is 6.50. The molecule has 1 aliphatic rings. The van der Waals surface area contributed by atoms with E-state index in [9.17, 15) is 4.79 Å². The Kier molecular flexibility index (Phi) is 5.44. The van der Waals surface area contributed by atoms with Gasteiger partial charge in [0.25, 0.3) is 0 Å². The van der Waals surface area contributed by atoms with E-state index in [1.54, 1.807) is 6.92 Å². The SMILES string of the molecule is CC1CCCC(CCNC(=O)C(C)Cl)C1. The second kappa shape index (κ2) is 6.37. The predicted molar refractivity (Wildman–Crippen MR) is 64.1 cm³/mol. The molecule has 1 N–H and O–H groups in total. The van der Waals surface area contributed by atoms with Gasteiger partial charge < -0.3 is 5.32 Å². The topological polar surface area (TPSA) is 29.1 Å². The minimum absolute atomic E-state index is 0.0412. The van der Waals surface area contributed by atoms with Gasteiger partial charge in [-0.3, -0.25) is 4.79 Å². The molecule has 0 aromatic heterocycles. The standard InChI is InChI=1S/C12H22ClNO/c1-9-4-3-5-11(8-9)6-7-14-12(15)10(2)13/h9-11H,3-8H2,1-2H3,(H,14,15). The molecule has 1 saturated carbocycles. The molecule has 2 nitrogen and oxygen atoms in total. The lowest BCUT2D eigenvalue weighted by molar-refractivity contribution is -0.120. The van der Waals surface area contributed by atoms with Crippen molar-refractivity contribution < 1.29 is 4.79 Å². The first-order valence-electron chi connectivity index (χ1n) is 6.01. The fourth-order valence-corrected chi connectivity index (χ4v) is 2.44. The van der Waals surface area contributed by atoms with Gasteiger partial charge in [0.05, 0.1) is 0 Å². The molecule has 3 unspecified atom stereocenters. The molecule has 3 heteroatoms. The van der Waals surface area contributed by atoms with Crippen LogP contribution in [-0.4, -0.2) is 17.8 Å². The average Bonchev–Trinajstić information content (AvgIpc) is 2.17. The first kappa shape index (κ1) is 12.8. The van der Waals surface area contributed by atoms with Gasteiger partial charge in [-0.05, 0) is 31.6 Å². The molecule has 0 aromatic rings. The Balaban J connectivity index is 2.11. The third-order valence-corrected chi connectivity index (χ3v) is 3.46. The lowest BCUT2D eigenvalue weighted by atomic mass is 9.81. The number of halogens is 1. The molecule has 15 heavy (non-hydrogen) atoms. The zero-order valence-corrected chi connectivity index (χ0v) is 10.5. The summed E-state index contributed by atoms with van der Waals surface area (Å²) in [4.78, 5) is 11.2. The fourth-order valence-electron chi connectivity index (χ4n) is 2.36. The van der Waals surface area contributed by atoms with Gasteiger partial charge in [-0.25, -0.2) is 0 Å². The van der Waals surface area contributed by atoms with E-state index < -0.39 is 5.38 Å². The fraction of sp³-hybridized carbons (Fsp3) is 0.917. The van der Waals surface area contributed by atoms with Crippen LogP contribution in [0.15, 0.2) is 0 Å². The number of carbonyl (C=O) groups excluding carboxylic acids is 1. The number of carbonyl (C=O) groups is 1. The maximum Gasteiger partial charge on any atom is 0.237 e. The molecule has 0 aromatic carbocycles. The van der Waals surface area contributed by atoms with E-state index in [1.165, 1.54) is 25.7 Å². The quantitative estimate of drug-likeness (QED) is 0.741. The first-order chi connectivity index (χ1) is 7.09. The summed E-state index contributed by atoms with van der Waals surface area (Å²) in [5, 5.41) is 2.47. The van der Waals surface area contributed by atoms with E-state index in [1.807, 2.05) is 0 Å². The van der Waals surface area contributed by atoms with Gasteiger partial charge in [-0.2, -0.15) is 0 Å². The summed E-state index contributed by atoms with van der Waals surface area (Å²) in [6, 6.07) is 0. The Morgan fingerprint density at radius 2 is 2.27 bits per heavy atom. The highest BCUT2D eigenvalue weighted by atomic mass is 35.5. The maximum absolute atomic E-state index is 11.2. The van der Waals surface area contributed by atoms with Crippen LogP contribution in [0.3, 0.4) is 0 Å². The highest BCUT2D eigenvalue weighted by molar-refractivity contribution is 6.30. The van der Waals surface area contributed by atoms with Gasteiger partial charge in [0, 0.05) is 6.54 Å². The van der Waals surface area contributed by atoms with Crippen LogP contribution in [0.5, 0.6) is 0 Å². The molecule has 1 rings (SSSR count). The Hall–Kier alpha value is -0.240. The zero-order valence-electron chi connectivity index (χ0n) is 9.76. The number of hydrogen-bond donors (Lipinski definition) is 1. The number of alkyl halides is 1. The van der Waals surface area contributed by atoms with Crippen molar-refractivity contribution >= 4 is 17.5 Å². The smallest absolute Gasteiger partial charge is 0.237 e. The molecule has 0 radical (unpaired) electrons. The van der Waals surface area contributed by atoms with Crippen molar-refractivity contribution in [3.05, 3.63) is 0 Å². The van der Waals surface area contributed by atoms with Crippen LogP contribution in [0.2, 0.25) is 0 Å². The minimum atomic E-state index is -0.407. The molecular formula is C12H22ClNO. The van der Waals surface area contributed by atoms with Crippen LogP contribution in [-0.2, 0) is 4.79 Å². The molecule has 0 aliphatic heterocycles. The Bertz CT molecular complexity index is 206. The summed E-state index contributed by atoms with van der Waals surface area (Å²) in [5.74, 6) is 1.63. The van der Waals surface area contributed by atoms with Crippen molar-refractivity contribution in [2.75, 3.05) is 6.54 Å². The molecule has 1 fully saturated rings. The van der Waals surface area contributed by atoms with Crippen molar-refractivity contribution in [2.24, 2.45) is 11.8 Å². The predicted octanol–water partition coefficient (Wildman–Crippen LogP) is 2.95. The normalized spacial score (nSPS) is 28.5. The second-order valence-electron chi connectivity index (χ2n) is 4.83. The molecule has 1 aliphatic carbocycles. The van der Waals surface area contributed by atoms with Crippen LogP contribution in [0.1, 0.15) is 46.0 Å². The van der Waals surface area contributed by atoms with Crippen molar-refractivity contribution in [3.8, 4) is 0 Å². The molecule has 0 saturated heterocycles. The number of amides is 1. The molecular weight excluding hydrogens is 210 g/mol. The molecule has 1 amide bonds. The van der Waals surface area contributed by atoms with Crippen molar-refractivity contribution in [3.63, 3.8) is 0 Å². The van der Waals surface area contributed by atoms with Crippen LogP contribution >= 0.6 is 11.6 Å². The Labute approximate surface area is 97.8 Å². The second-order valence-corrected chi connectivity index (χ2v) is 5.49. The van der Waals surface area contributed by atoms with Gasteiger partial charge in [0.2, 0.25) is 5.91 Å². The van der Waals surface area contributed by atoms with Crippen molar-refractivity contribution in [1.82, 2.24) is 5.32 Å². The minimum Gasteiger partial charge on any atom is -0.355 e. The van der Waals surface area contributed by atoms with E-state index in [-0.39, 0.29) is 5.91 Å². The van der Waals surface area contributed by atoms with Gasteiger partial charge in [-0.1, -0.05) is 26.2 Å². The number of hydrogen-bond acceptors (Lipinski definition) is 1. The highest BCUT2D eigenvalue weighted by Gasteiger charge is 2.18. The third-order valence-electron chi connectivity index (χ3n) is 3.26. The molecule has 0 spiro atoms. The zero-order chi connectivity index (χ0) is 11.3. The van der Waals surface area contributed by atoms with Crippen LogP contribution in [0.4, 0.5) is 0 Å². The number of rotatable bonds is 4. The Morgan fingerprint density at radius 3 is 2.87 bits per heavy atom. The van der Waals surface area contributed by atoms with Gasteiger partial charge in [0.1, 0.15) is 5.38 Å². The van der Waals surface area contributed by atoms with Crippen LogP contribution in [0, 0.1) is 11.8 Å². The molecule has 0 heterocycles. The highest BCUT2D eigenvalue weighted by Crippen LogP contribution is 2.30. The van der Waals surface area contributed by atoms with E-state index >= 15 is 0 Å². The molecule has 3 atom stereocenters. The summed E-state index contributed by atoms with van der Waals surface area (Å²) in [6.45, 7) is 4.82. The third kappa shape index (κ3) is 4.87. The summed E-state index contributed by atoms with van der Waals surface area (Å²) < 4.78 is 0. The van der Waals surface area contributed by atoms with Crippen molar-refractivity contribution in [1.29, 1.82) is 0 Å². The summed E-state index contributed by atoms with van der Waals surface area (Å²) >= 11 is 5.66. The van der Waals surface area contributed by atoms with Gasteiger partial charge in [0.15, 0.2) is 0 Å². The van der Waals surface area contributed by atoms with Crippen molar-refractivity contribution in [2.45, 2.75) is 51.3 Å². The summed E-state index contributed by atoms with van der Waals surface area (Å²) in [7, 11) is 0. The average molecular weight is 232 g/mol. The lowest BCUT2D eigenvalue weighted by Crippen LogP contribution is -2.31. The largest absolute Gasteiger partial charge is 0.355 e. The summed E-state index contributed by atoms with van der Waals surface area (Å²) in [5.41, 5.74) is 0. The Morgan fingerprint density at radius 1 is 1.53 bits per heavy atom. The van der Waals surface area contributed by atoms with E-state index in [0.29, 0.717) is 0 Å². The van der Waals surface area contributed by atoms with E-state index in [2.05, 4.69) is 12.2 Å². The van der Waals surface area contributed by atoms with Crippen LogP contribution in [0.25, 0.3) is 0 Å². The van der Waals surface area contributed by atoms with Gasteiger partial charge in [-0.15, -0.1) is 11.6 Å². The van der Waals surface area contributed by atoms with E-state index in [4.69, 9.17) is 11.6 Å². The number of nitrogens with one attached hydrogen (secondary N) is 1. The monoisotopic (exact) mass is 231 g/mol.